The zero-order chi connectivity index (χ0) is 13.7. The van der Waals surface area contributed by atoms with Gasteiger partial charge in [-0.1, -0.05) is 0 Å². The van der Waals surface area contributed by atoms with Gasteiger partial charge in [-0.25, -0.2) is 0 Å². The Kier molecular flexibility index (Phi) is 3.96. The number of pyridine rings is 1. The summed E-state index contributed by atoms with van der Waals surface area (Å²) in [5.74, 6) is 1.83. The average Bonchev–Trinajstić information content (AvgIpc) is 2.43. The molecule has 1 N–H and O–H groups in total. The molecule has 0 saturated carbocycles. The van der Waals surface area contributed by atoms with Crippen molar-refractivity contribution in [3.63, 3.8) is 0 Å². The van der Waals surface area contributed by atoms with Crippen LogP contribution in [0.15, 0.2) is 23.3 Å². The van der Waals surface area contributed by atoms with Crippen LogP contribution < -0.4 is 0 Å². The molecule has 1 unspecified atom stereocenters. The van der Waals surface area contributed by atoms with Gasteiger partial charge in [0.15, 0.2) is 0 Å². The minimum atomic E-state index is -0.791. The first-order valence-electron chi connectivity index (χ1n) is 6.30. The first-order valence-corrected chi connectivity index (χ1v) is 6.30. The molecule has 0 aromatic carbocycles. The Morgan fingerprint density at radius 3 is 3.11 bits per heavy atom. The van der Waals surface area contributed by atoms with Gasteiger partial charge in [0.25, 0.3) is 0 Å². The third-order valence-electron chi connectivity index (χ3n) is 3.47. The van der Waals surface area contributed by atoms with E-state index in [1.807, 2.05) is 18.3 Å². The van der Waals surface area contributed by atoms with Gasteiger partial charge in [0.2, 0.25) is 0 Å². The van der Waals surface area contributed by atoms with Crippen molar-refractivity contribution in [2.75, 3.05) is 0 Å². The van der Waals surface area contributed by atoms with Crippen LogP contribution in [0.3, 0.4) is 0 Å². The topological polar surface area (TPSA) is 62.5 Å². The number of aliphatic imine (C=N–C) groups is 1. The van der Waals surface area contributed by atoms with Crippen molar-refractivity contribution in [2.45, 2.75) is 32.1 Å². The van der Waals surface area contributed by atoms with Gasteiger partial charge in [-0.05, 0) is 25.0 Å². The van der Waals surface area contributed by atoms with Crippen molar-refractivity contribution in [3.8, 4) is 12.3 Å². The molecule has 1 aromatic heterocycles. The van der Waals surface area contributed by atoms with E-state index in [9.17, 15) is 4.79 Å². The molecule has 2 heterocycles. The van der Waals surface area contributed by atoms with Gasteiger partial charge in [-0.3, -0.25) is 14.8 Å². The monoisotopic (exact) mass is 256 g/mol. The fourth-order valence-corrected chi connectivity index (χ4v) is 2.38. The van der Waals surface area contributed by atoms with Crippen LogP contribution in [0.25, 0.3) is 0 Å². The zero-order valence-electron chi connectivity index (χ0n) is 10.7. The van der Waals surface area contributed by atoms with Crippen LogP contribution in [0.2, 0.25) is 0 Å². The van der Waals surface area contributed by atoms with Crippen LogP contribution in [-0.4, -0.2) is 22.3 Å². The molecule has 2 rings (SSSR count). The fraction of sp³-hybridized carbons (Fsp3) is 0.400. The Bertz CT molecular complexity index is 545. The molecule has 98 valence electrons. The van der Waals surface area contributed by atoms with Crippen LogP contribution in [0.5, 0.6) is 0 Å². The van der Waals surface area contributed by atoms with Crippen molar-refractivity contribution < 1.29 is 9.90 Å². The highest BCUT2D eigenvalue weighted by Crippen LogP contribution is 2.38. The molecular weight excluding hydrogens is 240 g/mol. The lowest BCUT2D eigenvalue weighted by atomic mass is 9.75. The first-order chi connectivity index (χ1) is 9.15. The average molecular weight is 256 g/mol. The number of terminal acetylenes is 1. The number of rotatable bonds is 5. The molecule has 0 fully saturated rings. The third kappa shape index (κ3) is 3.19. The van der Waals surface area contributed by atoms with Gasteiger partial charge in [0.05, 0.1) is 11.4 Å². The molecule has 0 spiro atoms. The molecule has 1 atom stereocenters. The van der Waals surface area contributed by atoms with E-state index in [2.05, 4.69) is 15.9 Å². The summed E-state index contributed by atoms with van der Waals surface area (Å²) in [7, 11) is 0. The van der Waals surface area contributed by atoms with Gasteiger partial charge >= 0.3 is 5.97 Å². The largest absolute Gasteiger partial charge is 0.481 e. The second-order valence-corrected chi connectivity index (χ2v) is 4.86. The van der Waals surface area contributed by atoms with E-state index in [1.165, 1.54) is 0 Å². The number of carboxylic acids is 1. The lowest BCUT2D eigenvalue weighted by molar-refractivity contribution is -0.137. The molecule has 0 bridgehead atoms. The van der Waals surface area contributed by atoms with Crippen LogP contribution in [0.1, 0.15) is 31.4 Å². The zero-order valence-corrected chi connectivity index (χ0v) is 10.7. The number of carbonyl (C=O) groups is 1. The van der Waals surface area contributed by atoms with Gasteiger partial charge in [-0.15, -0.1) is 12.3 Å². The second kappa shape index (κ2) is 5.66. The van der Waals surface area contributed by atoms with Crippen molar-refractivity contribution in [1.29, 1.82) is 0 Å². The standard InChI is InChI=1S/C15H16N2O2/c1-2-3-7-15(8-6-14(18)19)10-13-12(17-11-15)5-4-9-16-13/h1,4-5,9,11H,3,6-8,10H2,(H,18,19). The summed E-state index contributed by atoms with van der Waals surface area (Å²) < 4.78 is 0. The summed E-state index contributed by atoms with van der Waals surface area (Å²) in [5.41, 5.74) is 1.52. The number of hydrogen-bond acceptors (Lipinski definition) is 3. The van der Waals surface area contributed by atoms with Crippen molar-refractivity contribution in [1.82, 2.24) is 4.98 Å². The second-order valence-electron chi connectivity index (χ2n) is 4.86. The Balaban J connectivity index is 2.21. The quantitative estimate of drug-likeness (QED) is 0.824. The molecule has 4 heteroatoms. The molecule has 0 amide bonds. The summed E-state index contributed by atoms with van der Waals surface area (Å²) >= 11 is 0. The number of nitrogens with zero attached hydrogens (tertiary/aromatic N) is 2. The minimum Gasteiger partial charge on any atom is -0.481 e. The lowest BCUT2D eigenvalue weighted by Gasteiger charge is -2.31. The summed E-state index contributed by atoms with van der Waals surface area (Å²) in [6, 6.07) is 3.77. The SMILES string of the molecule is C#CCCC1(CCC(=O)O)C=Nc2cccnc2C1. The lowest BCUT2D eigenvalue weighted by Crippen LogP contribution is -2.29. The van der Waals surface area contributed by atoms with E-state index >= 15 is 0 Å². The van der Waals surface area contributed by atoms with E-state index in [-0.39, 0.29) is 11.8 Å². The van der Waals surface area contributed by atoms with Gasteiger partial charge in [-0.2, -0.15) is 0 Å². The normalized spacial score (nSPS) is 20.6. The summed E-state index contributed by atoms with van der Waals surface area (Å²) in [5, 5.41) is 8.88. The summed E-state index contributed by atoms with van der Waals surface area (Å²) in [6.45, 7) is 0. The Morgan fingerprint density at radius 1 is 1.53 bits per heavy atom. The number of carboxylic acid groups (broad SMARTS) is 1. The molecule has 1 aromatic rings. The fourth-order valence-electron chi connectivity index (χ4n) is 2.38. The maximum absolute atomic E-state index is 10.8. The maximum atomic E-state index is 10.8. The van der Waals surface area contributed by atoms with E-state index in [0.717, 1.165) is 17.8 Å². The maximum Gasteiger partial charge on any atom is 0.303 e. The van der Waals surface area contributed by atoms with E-state index in [0.29, 0.717) is 19.3 Å². The number of aromatic nitrogens is 1. The molecule has 1 aliphatic heterocycles. The minimum absolute atomic E-state index is 0.124. The molecule has 19 heavy (non-hydrogen) atoms. The highest BCUT2D eigenvalue weighted by molar-refractivity contribution is 5.75. The number of fused-ring (bicyclic) bond motifs is 1. The smallest absolute Gasteiger partial charge is 0.303 e. The highest BCUT2D eigenvalue weighted by Gasteiger charge is 2.32. The molecule has 0 radical (unpaired) electrons. The van der Waals surface area contributed by atoms with E-state index < -0.39 is 5.97 Å². The van der Waals surface area contributed by atoms with Gasteiger partial charge < -0.3 is 5.11 Å². The van der Waals surface area contributed by atoms with Crippen molar-refractivity contribution in [3.05, 3.63) is 24.0 Å². The predicted molar refractivity (Wildman–Crippen MR) is 73.5 cm³/mol. The first kappa shape index (κ1) is 13.3. The predicted octanol–water partition coefficient (Wildman–Crippen LogP) is 2.60. The van der Waals surface area contributed by atoms with Gasteiger partial charge in [0, 0.05) is 37.1 Å². The third-order valence-corrected chi connectivity index (χ3v) is 3.47. The Morgan fingerprint density at radius 2 is 2.37 bits per heavy atom. The summed E-state index contributed by atoms with van der Waals surface area (Å²) in [6.07, 6.45) is 11.7. The highest BCUT2D eigenvalue weighted by atomic mass is 16.4. The summed E-state index contributed by atoms with van der Waals surface area (Å²) in [4.78, 5) is 19.6. The van der Waals surface area contributed by atoms with E-state index in [4.69, 9.17) is 11.5 Å². The molecular formula is C15H16N2O2. The molecule has 0 aliphatic carbocycles. The van der Waals surface area contributed by atoms with Crippen LogP contribution >= 0.6 is 0 Å². The molecule has 1 aliphatic rings. The van der Waals surface area contributed by atoms with Crippen LogP contribution in [0, 0.1) is 17.8 Å². The number of aliphatic carboxylic acids is 1. The Hall–Kier alpha value is -2.15. The van der Waals surface area contributed by atoms with E-state index in [1.54, 1.807) is 6.20 Å². The van der Waals surface area contributed by atoms with Crippen LogP contribution in [0.4, 0.5) is 5.69 Å². The van der Waals surface area contributed by atoms with Crippen LogP contribution in [-0.2, 0) is 11.2 Å². The number of hydrogen-bond donors (Lipinski definition) is 1. The molecule has 0 saturated heterocycles. The molecule has 4 nitrogen and oxygen atoms in total. The van der Waals surface area contributed by atoms with Crippen molar-refractivity contribution in [2.24, 2.45) is 10.4 Å². The van der Waals surface area contributed by atoms with Gasteiger partial charge in [0.1, 0.15) is 0 Å². The van der Waals surface area contributed by atoms with Crippen molar-refractivity contribution >= 4 is 17.9 Å². The Labute approximate surface area is 112 Å².